The number of fused-ring (bicyclic) bond motifs is 1. The van der Waals surface area contributed by atoms with Gasteiger partial charge in [0.2, 0.25) is 12.7 Å². The smallest absolute Gasteiger partial charge is 0.231 e. The zero-order chi connectivity index (χ0) is 12.8. The normalized spacial score (nSPS) is 12.5. The van der Waals surface area contributed by atoms with E-state index in [4.69, 9.17) is 9.47 Å². The number of carbonyl (C=O) groups is 1. The first kappa shape index (κ1) is 12.7. The summed E-state index contributed by atoms with van der Waals surface area (Å²) < 4.78 is 10.5. The van der Waals surface area contributed by atoms with Crippen LogP contribution in [0.3, 0.4) is 0 Å². The second-order valence-corrected chi connectivity index (χ2v) is 4.07. The van der Waals surface area contributed by atoms with Gasteiger partial charge in [0.05, 0.1) is 0 Å². The fourth-order valence-electron chi connectivity index (χ4n) is 1.77. The van der Waals surface area contributed by atoms with E-state index in [1.54, 1.807) is 0 Å². The van der Waals surface area contributed by atoms with Crippen molar-refractivity contribution < 1.29 is 14.3 Å². The van der Waals surface area contributed by atoms with Crippen LogP contribution >= 0.6 is 0 Å². The summed E-state index contributed by atoms with van der Waals surface area (Å²) in [7, 11) is 0. The summed E-state index contributed by atoms with van der Waals surface area (Å²) in [5.41, 5.74) is 1.12. The van der Waals surface area contributed by atoms with Gasteiger partial charge >= 0.3 is 0 Å². The van der Waals surface area contributed by atoms with E-state index >= 15 is 0 Å². The fourth-order valence-corrected chi connectivity index (χ4v) is 1.77. The molecule has 18 heavy (non-hydrogen) atoms. The zero-order valence-electron chi connectivity index (χ0n) is 10.5. The number of rotatable bonds is 6. The highest BCUT2D eigenvalue weighted by molar-refractivity contribution is 5.75. The lowest BCUT2D eigenvalue weighted by atomic mass is 10.2. The molecule has 1 aliphatic rings. The highest BCUT2D eigenvalue weighted by atomic mass is 16.7. The molecular weight excluding hydrogens is 232 g/mol. The van der Waals surface area contributed by atoms with Gasteiger partial charge in [0, 0.05) is 26.1 Å². The van der Waals surface area contributed by atoms with Crippen molar-refractivity contribution in [1.29, 1.82) is 0 Å². The second kappa shape index (κ2) is 6.26. The van der Waals surface area contributed by atoms with E-state index in [9.17, 15) is 4.79 Å². The first-order valence-corrected chi connectivity index (χ1v) is 6.15. The summed E-state index contributed by atoms with van der Waals surface area (Å²) in [4.78, 5) is 11.2. The van der Waals surface area contributed by atoms with Crippen LogP contribution in [0.25, 0.3) is 0 Å². The molecule has 0 atom stereocenters. The van der Waals surface area contributed by atoms with E-state index in [0.29, 0.717) is 26.3 Å². The van der Waals surface area contributed by atoms with Gasteiger partial charge in [0.25, 0.3) is 0 Å². The van der Waals surface area contributed by atoms with Gasteiger partial charge in [-0.15, -0.1) is 0 Å². The van der Waals surface area contributed by atoms with Crippen LogP contribution in [0, 0.1) is 0 Å². The highest BCUT2D eigenvalue weighted by Crippen LogP contribution is 2.32. The molecular formula is C13H18N2O3. The number of hydrogen-bond donors (Lipinski definition) is 2. The molecule has 5 heteroatoms. The van der Waals surface area contributed by atoms with E-state index in [1.165, 1.54) is 0 Å². The molecule has 1 heterocycles. The summed E-state index contributed by atoms with van der Waals surface area (Å²) in [6, 6.07) is 5.86. The molecule has 1 aromatic rings. The van der Waals surface area contributed by atoms with Gasteiger partial charge in [-0.2, -0.15) is 0 Å². The van der Waals surface area contributed by atoms with Crippen LogP contribution in [0.1, 0.15) is 18.9 Å². The van der Waals surface area contributed by atoms with Crippen molar-refractivity contribution in [3.05, 3.63) is 23.8 Å². The summed E-state index contributed by atoms with van der Waals surface area (Å²) >= 11 is 0. The molecule has 98 valence electrons. The molecule has 1 amide bonds. The van der Waals surface area contributed by atoms with Crippen LogP contribution in [0.5, 0.6) is 11.5 Å². The third kappa shape index (κ3) is 3.37. The van der Waals surface area contributed by atoms with Crippen molar-refractivity contribution >= 4 is 5.91 Å². The molecule has 0 spiro atoms. The maximum absolute atomic E-state index is 11.2. The topological polar surface area (TPSA) is 59.6 Å². The largest absolute Gasteiger partial charge is 0.454 e. The molecule has 1 aromatic carbocycles. The molecule has 0 radical (unpaired) electrons. The molecule has 5 nitrogen and oxygen atoms in total. The highest BCUT2D eigenvalue weighted by Gasteiger charge is 2.12. The summed E-state index contributed by atoms with van der Waals surface area (Å²) in [5, 5.41) is 5.99. The molecule has 2 rings (SSSR count). The molecule has 0 fully saturated rings. The van der Waals surface area contributed by atoms with Crippen molar-refractivity contribution in [3.8, 4) is 11.5 Å². The van der Waals surface area contributed by atoms with Gasteiger partial charge in [-0.05, 0) is 24.6 Å². The van der Waals surface area contributed by atoms with Crippen LogP contribution in [0.15, 0.2) is 18.2 Å². The van der Waals surface area contributed by atoms with E-state index < -0.39 is 0 Å². The Morgan fingerprint density at radius 1 is 1.33 bits per heavy atom. The maximum Gasteiger partial charge on any atom is 0.231 e. The predicted molar refractivity (Wildman–Crippen MR) is 67.6 cm³/mol. The van der Waals surface area contributed by atoms with Crippen molar-refractivity contribution in [2.24, 2.45) is 0 Å². The standard InChI is InChI=1S/C13H18N2O3/c1-2-15-13(16)5-6-14-8-10-3-4-11-12(7-10)18-9-17-11/h3-4,7,14H,2,5-6,8-9H2,1H3,(H,15,16). The van der Waals surface area contributed by atoms with Gasteiger partial charge in [-0.1, -0.05) is 6.07 Å². The van der Waals surface area contributed by atoms with Crippen LogP contribution in [0.2, 0.25) is 0 Å². The van der Waals surface area contributed by atoms with E-state index in [0.717, 1.165) is 23.6 Å². The van der Waals surface area contributed by atoms with Gasteiger partial charge < -0.3 is 20.1 Å². The van der Waals surface area contributed by atoms with Crippen LogP contribution in [0.4, 0.5) is 0 Å². The first-order chi connectivity index (χ1) is 8.79. The monoisotopic (exact) mass is 250 g/mol. The Labute approximate surface area is 106 Å². The number of benzene rings is 1. The minimum absolute atomic E-state index is 0.0793. The summed E-state index contributed by atoms with van der Waals surface area (Å²) in [6.07, 6.45) is 0.498. The summed E-state index contributed by atoms with van der Waals surface area (Å²) in [5.74, 6) is 1.66. The molecule has 0 bridgehead atoms. The Kier molecular flexibility index (Phi) is 4.41. The van der Waals surface area contributed by atoms with Crippen LogP contribution < -0.4 is 20.1 Å². The Morgan fingerprint density at radius 3 is 3.00 bits per heavy atom. The molecule has 0 saturated heterocycles. The minimum atomic E-state index is 0.0793. The lowest BCUT2D eigenvalue weighted by Crippen LogP contribution is -2.27. The van der Waals surface area contributed by atoms with Gasteiger partial charge in [0.1, 0.15) is 0 Å². The first-order valence-electron chi connectivity index (χ1n) is 6.15. The summed E-state index contributed by atoms with van der Waals surface area (Å²) in [6.45, 7) is 4.28. The molecule has 0 unspecified atom stereocenters. The number of amides is 1. The lowest BCUT2D eigenvalue weighted by molar-refractivity contribution is -0.120. The average molecular weight is 250 g/mol. The van der Waals surface area contributed by atoms with E-state index in [1.807, 2.05) is 25.1 Å². The number of carbonyl (C=O) groups excluding carboxylic acids is 1. The quantitative estimate of drug-likeness (QED) is 0.740. The van der Waals surface area contributed by atoms with Crippen LogP contribution in [-0.2, 0) is 11.3 Å². The maximum atomic E-state index is 11.2. The Bertz CT molecular complexity index is 421. The van der Waals surface area contributed by atoms with Gasteiger partial charge in [-0.25, -0.2) is 0 Å². The van der Waals surface area contributed by atoms with Crippen molar-refractivity contribution in [2.45, 2.75) is 19.9 Å². The molecule has 1 aliphatic heterocycles. The number of nitrogens with one attached hydrogen (secondary N) is 2. The molecule has 2 N–H and O–H groups in total. The Hall–Kier alpha value is -1.75. The van der Waals surface area contributed by atoms with Crippen molar-refractivity contribution in [2.75, 3.05) is 19.9 Å². The van der Waals surface area contributed by atoms with E-state index in [2.05, 4.69) is 10.6 Å². The molecule has 0 saturated carbocycles. The SMILES string of the molecule is CCNC(=O)CCNCc1ccc2c(c1)OCO2. The Morgan fingerprint density at radius 2 is 2.17 bits per heavy atom. The molecule has 0 aliphatic carbocycles. The zero-order valence-corrected chi connectivity index (χ0v) is 10.5. The number of hydrogen-bond acceptors (Lipinski definition) is 4. The van der Waals surface area contributed by atoms with Crippen LogP contribution in [-0.4, -0.2) is 25.8 Å². The molecule has 0 aromatic heterocycles. The fraction of sp³-hybridized carbons (Fsp3) is 0.462. The van der Waals surface area contributed by atoms with Crippen molar-refractivity contribution in [3.63, 3.8) is 0 Å². The third-order valence-electron chi connectivity index (χ3n) is 2.67. The lowest BCUT2D eigenvalue weighted by Gasteiger charge is -2.06. The second-order valence-electron chi connectivity index (χ2n) is 4.07. The van der Waals surface area contributed by atoms with E-state index in [-0.39, 0.29) is 5.91 Å². The third-order valence-corrected chi connectivity index (χ3v) is 2.67. The van der Waals surface area contributed by atoms with Gasteiger partial charge in [-0.3, -0.25) is 4.79 Å². The van der Waals surface area contributed by atoms with Crippen molar-refractivity contribution in [1.82, 2.24) is 10.6 Å². The predicted octanol–water partition coefficient (Wildman–Crippen LogP) is 1.03. The minimum Gasteiger partial charge on any atom is -0.454 e. The van der Waals surface area contributed by atoms with Gasteiger partial charge in [0.15, 0.2) is 11.5 Å². The average Bonchev–Trinajstić information content (AvgIpc) is 2.82. The number of ether oxygens (including phenoxy) is 2. The Balaban J connectivity index is 1.72.